The SMILES string of the molecule is NC(=O)OCCNC(=O)c1cccnc1Br. The van der Waals surface area contributed by atoms with Crippen molar-refractivity contribution in [2.24, 2.45) is 5.73 Å². The number of primary amides is 1. The van der Waals surface area contributed by atoms with Crippen molar-refractivity contribution in [2.75, 3.05) is 13.2 Å². The Morgan fingerprint density at radius 2 is 2.31 bits per heavy atom. The van der Waals surface area contributed by atoms with E-state index >= 15 is 0 Å². The number of halogens is 1. The van der Waals surface area contributed by atoms with Gasteiger partial charge in [0.2, 0.25) is 0 Å². The van der Waals surface area contributed by atoms with Crippen molar-refractivity contribution in [1.82, 2.24) is 10.3 Å². The van der Waals surface area contributed by atoms with Crippen molar-refractivity contribution in [2.45, 2.75) is 0 Å². The standard InChI is InChI=1S/C9H10BrN3O3/c10-7-6(2-1-3-12-7)8(14)13-4-5-16-9(11)15/h1-3H,4-5H2,(H2,11,15)(H,13,14). The Bertz CT molecular complexity index is 397. The molecule has 1 aromatic heterocycles. The molecule has 0 atom stereocenters. The Kier molecular flexibility index (Phi) is 4.71. The molecule has 0 aliphatic heterocycles. The number of carbonyl (C=O) groups is 2. The lowest BCUT2D eigenvalue weighted by Gasteiger charge is -2.05. The third-order valence-electron chi connectivity index (χ3n) is 1.64. The summed E-state index contributed by atoms with van der Waals surface area (Å²) in [6.07, 6.45) is 0.702. The smallest absolute Gasteiger partial charge is 0.404 e. The summed E-state index contributed by atoms with van der Waals surface area (Å²) in [4.78, 5) is 25.7. The highest BCUT2D eigenvalue weighted by atomic mass is 79.9. The van der Waals surface area contributed by atoms with Crippen LogP contribution in [0.25, 0.3) is 0 Å². The lowest BCUT2D eigenvalue weighted by atomic mass is 10.3. The molecule has 6 nitrogen and oxygen atoms in total. The third-order valence-corrected chi connectivity index (χ3v) is 2.27. The Morgan fingerprint density at radius 1 is 1.56 bits per heavy atom. The molecule has 3 N–H and O–H groups in total. The third kappa shape index (κ3) is 3.85. The van der Waals surface area contributed by atoms with E-state index in [0.717, 1.165) is 0 Å². The number of aromatic nitrogens is 1. The van der Waals surface area contributed by atoms with Crippen molar-refractivity contribution >= 4 is 27.9 Å². The summed E-state index contributed by atoms with van der Waals surface area (Å²) in [5, 5.41) is 2.55. The Morgan fingerprint density at radius 3 is 2.94 bits per heavy atom. The Labute approximate surface area is 100 Å². The summed E-state index contributed by atoms with van der Waals surface area (Å²) >= 11 is 3.15. The van der Waals surface area contributed by atoms with E-state index in [-0.39, 0.29) is 19.1 Å². The van der Waals surface area contributed by atoms with E-state index in [0.29, 0.717) is 10.2 Å². The Balaban J connectivity index is 2.41. The zero-order valence-electron chi connectivity index (χ0n) is 8.27. The highest BCUT2D eigenvalue weighted by Crippen LogP contribution is 2.11. The Hall–Kier alpha value is -1.63. The fourth-order valence-electron chi connectivity index (χ4n) is 0.967. The first-order chi connectivity index (χ1) is 7.61. The number of carbonyl (C=O) groups excluding carboxylic acids is 2. The number of hydrogen-bond acceptors (Lipinski definition) is 4. The van der Waals surface area contributed by atoms with Gasteiger partial charge in [-0.15, -0.1) is 0 Å². The summed E-state index contributed by atoms with van der Waals surface area (Å²) in [6, 6.07) is 3.28. The molecule has 2 amide bonds. The molecule has 0 aliphatic carbocycles. The largest absolute Gasteiger partial charge is 0.448 e. The van der Waals surface area contributed by atoms with Crippen LogP contribution in [0.15, 0.2) is 22.9 Å². The van der Waals surface area contributed by atoms with Crippen LogP contribution in [0.5, 0.6) is 0 Å². The predicted octanol–water partition coefficient (Wildman–Crippen LogP) is 0.669. The van der Waals surface area contributed by atoms with Gasteiger partial charge in [-0.25, -0.2) is 9.78 Å². The van der Waals surface area contributed by atoms with Crippen LogP contribution in [0.3, 0.4) is 0 Å². The van der Waals surface area contributed by atoms with Crippen LogP contribution in [-0.2, 0) is 4.74 Å². The molecule has 7 heteroatoms. The van der Waals surface area contributed by atoms with E-state index in [1.807, 2.05) is 0 Å². The van der Waals surface area contributed by atoms with E-state index in [2.05, 4.69) is 31.0 Å². The molecule has 0 aliphatic rings. The van der Waals surface area contributed by atoms with E-state index in [4.69, 9.17) is 5.73 Å². The number of rotatable bonds is 4. The summed E-state index contributed by atoms with van der Waals surface area (Å²) in [5.74, 6) is -0.298. The van der Waals surface area contributed by atoms with Crippen molar-refractivity contribution in [3.8, 4) is 0 Å². The van der Waals surface area contributed by atoms with Gasteiger partial charge in [0, 0.05) is 6.20 Å². The fourth-order valence-corrected chi connectivity index (χ4v) is 1.40. The first kappa shape index (κ1) is 12.4. The van der Waals surface area contributed by atoms with Gasteiger partial charge >= 0.3 is 6.09 Å². The van der Waals surface area contributed by atoms with Gasteiger partial charge in [0.25, 0.3) is 5.91 Å². The molecule has 0 bridgehead atoms. The maximum atomic E-state index is 11.6. The highest BCUT2D eigenvalue weighted by molar-refractivity contribution is 9.10. The molecule has 0 saturated heterocycles. The quantitative estimate of drug-likeness (QED) is 0.629. The zero-order valence-corrected chi connectivity index (χ0v) is 9.86. The van der Waals surface area contributed by atoms with Crippen LogP contribution in [0.1, 0.15) is 10.4 Å². The average Bonchev–Trinajstić information content (AvgIpc) is 2.24. The molecule has 0 fully saturated rings. The van der Waals surface area contributed by atoms with Crippen LogP contribution in [0.4, 0.5) is 4.79 Å². The molecule has 16 heavy (non-hydrogen) atoms. The molecule has 1 heterocycles. The first-order valence-electron chi connectivity index (χ1n) is 4.42. The first-order valence-corrected chi connectivity index (χ1v) is 5.21. The van der Waals surface area contributed by atoms with Gasteiger partial charge in [-0.3, -0.25) is 4.79 Å². The number of nitrogens with one attached hydrogen (secondary N) is 1. The van der Waals surface area contributed by atoms with Crippen LogP contribution in [-0.4, -0.2) is 30.1 Å². The molecule has 1 aromatic rings. The van der Waals surface area contributed by atoms with E-state index in [9.17, 15) is 9.59 Å². The zero-order chi connectivity index (χ0) is 12.0. The predicted molar refractivity (Wildman–Crippen MR) is 59.8 cm³/mol. The number of pyridine rings is 1. The van der Waals surface area contributed by atoms with Crippen molar-refractivity contribution < 1.29 is 14.3 Å². The molecule has 0 saturated carbocycles. The van der Waals surface area contributed by atoms with Crippen LogP contribution in [0, 0.1) is 0 Å². The van der Waals surface area contributed by atoms with Crippen molar-refractivity contribution in [1.29, 1.82) is 0 Å². The number of nitrogens with zero attached hydrogens (tertiary/aromatic N) is 1. The summed E-state index contributed by atoms with van der Waals surface area (Å²) in [5.41, 5.74) is 5.17. The molecule has 0 radical (unpaired) electrons. The summed E-state index contributed by atoms with van der Waals surface area (Å²) < 4.78 is 4.92. The molecule has 1 rings (SSSR count). The van der Waals surface area contributed by atoms with Gasteiger partial charge < -0.3 is 15.8 Å². The van der Waals surface area contributed by atoms with Crippen LogP contribution >= 0.6 is 15.9 Å². The second kappa shape index (κ2) is 6.06. The normalized spacial score (nSPS) is 9.56. The van der Waals surface area contributed by atoms with Crippen molar-refractivity contribution in [3.63, 3.8) is 0 Å². The minimum absolute atomic E-state index is 0.0406. The van der Waals surface area contributed by atoms with Crippen LogP contribution in [0.2, 0.25) is 0 Å². The lowest BCUT2D eigenvalue weighted by molar-refractivity contribution is 0.0935. The second-order valence-corrected chi connectivity index (χ2v) is 3.52. The topological polar surface area (TPSA) is 94.3 Å². The fraction of sp³-hybridized carbons (Fsp3) is 0.222. The van der Waals surface area contributed by atoms with Crippen molar-refractivity contribution in [3.05, 3.63) is 28.5 Å². The van der Waals surface area contributed by atoms with E-state index in [1.54, 1.807) is 18.3 Å². The number of ether oxygens (including phenoxy) is 1. The molecule has 86 valence electrons. The minimum Gasteiger partial charge on any atom is -0.448 e. The molecule has 0 unspecified atom stereocenters. The van der Waals surface area contributed by atoms with Gasteiger partial charge in [0.1, 0.15) is 11.2 Å². The number of amides is 2. The van der Waals surface area contributed by atoms with E-state index in [1.165, 1.54) is 0 Å². The maximum absolute atomic E-state index is 11.6. The lowest BCUT2D eigenvalue weighted by Crippen LogP contribution is -2.29. The van der Waals surface area contributed by atoms with Gasteiger partial charge in [0.15, 0.2) is 0 Å². The molecular weight excluding hydrogens is 278 g/mol. The van der Waals surface area contributed by atoms with Gasteiger partial charge in [-0.1, -0.05) is 0 Å². The van der Waals surface area contributed by atoms with Gasteiger partial charge in [-0.2, -0.15) is 0 Å². The monoisotopic (exact) mass is 287 g/mol. The summed E-state index contributed by atoms with van der Waals surface area (Å²) in [6.45, 7) is 0.238. The van der Waals surface area contributed by atoms with Gasteiger partial charge in [-0.05, 0) is 28.1 Å². The molecule has 0 aromatic carbocycles. The average molecular weight is 288 g/mol. The number of nitrogens with two attached hydrogens (primary N) is 1. The molecule has 0 spiro atoms. The van der Waals surface area contributed by atoms with Gasteiger partial charge in [0.05, 0.1) is 12.1 Å². The number of hydrogen-bond donors (Lipinski definition) is 2. The maximum Gasteiger partial charge on any atom is 0.404 e. The highest BCUT2D eigenvalue weighted by Gasteiger charge is 2.09. The van der Waals surface area contributed by atoms with Crippen LogP contribution < -0.4 is 11.1 Å². The summed E-state index contributed by atoms with van der Waals surface area (Å²) in [7, 11) is 0. The minimum atomic E-state index is -0.864. The van der Waals surface area contributed by atoms with E-state index < -0.39 is 6.09 Å². The molecular formula is C9H10BrN3O3. The second-order valence-electron chi connectivity index (χ2n) is 2.77.